The van der Waals surface area contributed by atoms with Crippen LogP contribution in [0.15, 0.2) is 22.4 Å². The molecule has 1 aromatic heterocycles. The van der Waals surface area contributed by atoms with Crippen LogP contribution in [0.4, 0.5) is 0 Å². The minimum absolute atomic E-state index is 0.700. The number of hydrogen-bond acceptors (Lipinski definition) is 2. The number of benzene rings is 1. The van der Waals surface area contributed by atoms with Gasteiger partial charge in [-0.25, -0.2) is 0 Å². The summed E-state index contributed by atoms with van der Waals surface area (Å²) in [4.78, 5) is 0.837. The summed E-state index contributed by atoms with van der Waals surface area (Å²) in [6, 6.07) is 3.69. The van der Waals surface area contributed by atoms with Gasteiger partial charge in [0.25, 0.3) is 0 Å². The van der Waals surface area contributed by atoms with Crippen LogP contribution in [0.3, 0.4) is 0 Å². The fourth-order valence-electron chi connectivity index (χ4n) is 1.08. The van der Waals surface area contributed by atoms with E-state index >= 15 is 0 Å². The summed E-state index contributed by atoms with van der Waals surface area (Å²) >= 11 is 17.7. The van der Waals surface area contributed by atoms with Crippen LogP contribution in [-0.4, -0.2) is 0 Å². The summed E-state index contributed by atoms with van der Waals surface area (Å²) < 4.78 is 1.08. The Morgan fingerprint density at radius 1 is 1.25 bits per heavy atom. The highest BCUT2D eigenvalue weighted by molar-refractivity contribution is 7.80. The van der Waals surface area contributed by atoms with Gasteiger partial charge in [0.05, 0.1) is 5.02 Å². The monoisotopic (exact) mass is 234 g/mol. The molecular formula is C8H4Cl2S2. The molecule has 0 saturated carbocycles. The van der Waals surface area contributed by atoms with Crippen LogP contribution in [0, 0.1) is 0 Å². The van der Waals surface area contributed by atoms with Crippen molar-refractivity contribution in [3.8, 4) is 0 Å². The molecule has 0 nitrogen and oxygen atoms in total. The second-order valence-electron chi connectivity index (χ2n) is 2.38. The average Bonchev–Trinajstić information content (AvgIpc) is 2.31. The molecule has 1 aromatic carbocycles. The second-order valence-corrected chi connectivity index (χ2v) is 4.62. The maximum absolute atomic E-state index is 5.95. The summed E-state index contributed by atoms with van der Waals surface area (Å²) in [7, 11) is 0. The van der Waals surface area contributed by atoms with E-state index in [-0.39, 0.29) is 0 Å². The van der Waals surface area contributed by atoms with Crippen LogP contribution in [0.5, 0.6) is 0 Å². The molecule has 0 amide bonds. The van der Waals surface area contributed by atoms with Gasteiger partial charge < -0.3 is 0 Å². The molecule has 1 heterocycles. The molecule has 0 unspecified atom stereocenters. The van der Waals surface area contributed by atoms with Crippen LogP contribution < -0.4 is 0 Å². The molecule has 0 aliphatic rings. The van der Waals surface area contributed by atoms with E-state index in [1.807, 2.05) is 11.4 Å². The standard InChI is InChI=1S/C8H4Cl2S2/c9-4-1-6(11)8-5(10)3-12-7(8)2-4/h1-3,11H. The predicted octanol–water partition coefficient (Wildman–Crippen LogP) is 4.50. The van der Waals surface area contributed by atoms with E-state index in [1.165, 1.54) is 0 Å². The minimum atomic E-state index is 0.700. The maximum Gasteiger partial charge on any atom is 0.0602 e. The van der Waals surface area contributed by atoms with E-state index in [0.29, 0.717) is 5.02 Å². The van der Waals surface area contributed by atoms with Gasteiger partial charge in [0.1, 0.15) is 0 Å². The first kappa shape index (κ1) is 8.70. The fourth-order valence-corrected chi connectivity index (χ4v) is 3.23. The molecule has 2 aromatic rings. The molecule has 0 radical (unpaired) electrons. The van der Waals surface area contributed by atoms with Crippen molar-refractivity contribution in [2.75, 3.05) is 0 Å². The van der Waals surface area contributed by atoms with Crippen molar-refractivity contribution in [2.45, 2.75) is 4.90 Å². The first-order chi connectivity index (χ1) is 5.68. The lowest BCUT2D eigenvalue weighted by atomic mass is 10.3. The van der Waals surface area contributed by atoms with Crippen molar-refractivity contribution in [2.24, 2.45) is 0 Å². The van der Waals surface area contributed by atoms with Gasteiger partial charge >= 0.3 is 0 Å². The van der Waals surface area contributed by atoms with Gasteiger partial charge in [-0.3, -0.25) is 0 Å². The van der Waals surface area contributed by atoms with Crippen LogP contribution in [-0.2, 0) is 0 Å². The molecule has 0 aliphatic heterocycles. The van der Waals surface area contributed by atoms with Gasteiger partial charge in [-0.2, -0.15) is 0 Å². The van der Waals surface area contributed by atoms with E-state index in [2.05, 4.69) is 12.6 Å². The number of hydrogen-bond donors (Lipinski definition) is 1. The van der Waals surface area contributed by atoms with Gasteiger partial charge in [-0.15, -0.1) is 24.0 Å². The Balaban J connectivity index is 2.93. The normalized spacial score (nSPS) is 10.9. The number of rotatable bonds is 0. The lowest BCUT2D eigenvalue weighted by molar-refractivity contribution is 1.59. The molecule has 0 fully saturated rings. The minimum Gasteiger partial charge on any atom is -0.143 e. The molecule has 12 heavy (non-hydrogen) atoms. The van der Waals surface area contributed by atoms with Crippen LogP contribution >= 0.6 is 47.2 Å². The molecule has 0 saturated heterocycles. The number of halogens is 2. The molecule has 4 heteroatoms. The molecule has 62 valence electrons. The van der Waals surface area contributed by atoms with Crippen molar-refractivity contribution in [1.82, 2.24) is 0 Å². The van der Waals surface area contributed by atoms with Gasteiger partial charge in [-0.05, 0) is 12.1 Å². The highest BCUT2D eigenvalue weighted by Gasteiger charge is 2.05. The van der Waals surface area contributed by atoms with Crippen LogP contribution in [0.1, 0.15) is 0 Å². The predicted molar refractivity (Wildman–Crippen MR) is 59.1 cm³/mol. The summed E-state index contributed by atoms with van der Waals surface area (Å²) in [6.07, 6.45) is 0. The lowest BCUT2D eigenvalue weighted by Gasteiger charge is -1.96. The highest BCUT2D eigenvalue weighted by Crippen LogP contribution is 2.36. The van der Waals surface area contributed by atoms with E-state index in [0.717, 1.165) is 20.0 Å². The Hall–Kier alpha value is 0.110. The molecular weight excluding hydrogens is 231 g/mol. The number of thiophene rings is 1. The average molecular weight is 235 g/mol. The Kier molecular flexibility index (Phi) is 2.25. The Labute approximate surface area is 89.5 Å². The zero-order chi connectivity index (χ0) is 8.72. The summed E-state index contributed by atoms with van der Waals surface area (Å²) in [6.45, 7) is 0. The zero-order valence-corrected chi connectivity index (χ0v) is 9.07. The number of fused-ring (bicyclic) bond motifs is 1. The molecule has 0 spiro atoms. The van der Waals surface area contributed by atoms with E-state index in [9.17, 15) is 0 Å². The van der Waals surface area contributed by atoms with Gasteiger partial charge in [-0.1, -0.05) is 23.2 Å². The van der Waals surface area contributed by atoms with Crippen LogP contribution in [0.25, 0.3) is 10.1 Å². The van der Waals surface area contributed by atoms with Crippen molar-refractivity contribution in [3.05, 3.63) is 27.6 Å². The van der Waals surface area contributed by atoms with E-state index in [1.54, 1.807) is 17.4 Å². The SMILES string of the molecule is Sc1cc(Cl)cc2scc(Cl)c12. The van der Waals surface area contributed by atoms with Crippen LogP contribution in [0.2, 0.25) is 10.0 Å². The molecule has 0 bridgehead atoms. The highest BCUT2D eigenvalue weighted by atomic mass is 35.5. The Morgan fingerprint density at radius 2 is 2.00 bits per heavy atom. The maximum atomic E-state index is 5.95. The first-order valence-electron chi connectivity index (χ1n) is 3.23. The molecule has 2 rings (SSSR count). The van der Waals surface area contributed by atoms with E-state index < -0.39 is 0 Å². The molecule has 0 N–H and O–H groups in total. The van der Waals surface area contributed by atoms with Crippen molar-refractivity contribution in [1.29, 1.82) is 0 Å². The zero-order valence-electron chi connectivity index (χ0n) is 5.84. The van der Waals surface area contributed by atoms with Gasteiger partial charge in [0.2, 0.25) is 0 Å². The van der Waals surface area contributed by atoms with Gasteiger partial charge in [0, 0.05) is 25.4 Å². The first-order valence-corrected chi connectivity index (χ1v) is 5.32. The number of thiol groups is 1. The summed E-state index contributed by atoms with van der Waals surface area (Å²) in [5, 5.41) is 4.33. The Bertz CT molecular complexity index is 434. The smallest absolute Gasteiger partial charge is 0.0602 e. The molecule has 0 atom stereocenters. The second kappa shape index (κ2) is 3.11. The summed E-state index contributed by atoms with van der Waals surface area (Å²) in [5.41, 5.74) is 0. The fraction of sp³-hybridized carbons (Fsp3) is 0. The van der Waals surface area contributed by atoms with Crippen molar-refractivity contribution < 1.29 is 0 Å². The molecule has 0 aliphatic carbocycles. The topological polar surface area (TPSA) is 0 Å². The third kappa shape index (κ3) is 1.33. The summed E-state index contributed by atoms with van der Waals surface area (Å²) in [5.74, 6) is 0. The van der Waals surface area contributed by atoms with Gasteiger partial charge in [0.15, 0.2) is 0 Å². The van der Waals surface area contributed by atoms with E-state index in [4.69, 9.17) is 23.2 Å². The van der Waals surface area contributed by atoms with Crippen molar-refractivity contribution >= 4 is 57.3 Å². The third-order valence-corrected chi connectivity index (χ3v) is 3.50. The largest absolute Gasteiger partial charge is 0.143 e. The van der Waals surface area contributed by atoms with Crippen molar-refractivity contribution in [3.63, 3.8) is 0 Å². The Morgan fingerprint density at radius 3 is 2.75 bits per heavy atom. The quantitative estimate of drug-likeness (QED) is 0.638. The third-order valence-electron chi connectivity index (χ3n) is 1.57. The lowest BCUT2D eigenvalue weighted by Crippen LogP contribution is -1.69.